The molecule has 0 radical (unpaired) electrons. The number of carbonyl (C=O) groups excluding carboxylic acids is 1. The van der Waals surface area contributed by atoms with Crippen molar-refractivity contribution >= 4 is 22.9 Å². The van der Waals surface area contributed by atoms with Gasteiger partial charge in [0.05, 0.1) is 19.2 Å². The predicted octanol–water partition coefficient (Wildman–Crippen LogP) is 5.13. The highest BCUT2D eigenvalue weighted by Crippen LogP contribution is 2.35. The van der Waals surface area contributed by atoms with Gasteiger partial charge >= 0.3 is 0 Å². The smallest absolute Gasteiger partial charge is 0.207 e. The van der Waals surface area contributed by atoms with Gasteiger partial charge in [0.1, 0.15) is 11.4 Å². The van der Waals surface area contributed by atoms with E-state index >= 15 is 0 Å². The lowest BCUT2D eigenvalue weighted by Gasteiger charge is -2.29. The van der Waals surface area contributed by atoms with E-state index in [0.29, 0.717) is 11.4 Å². The number of hydrogen-bond donors (Lipinski definition) is 0. The number of rotatable bonds is 7. The molecule has 4 aromatic rings. The zero-order valence-corrected chi connectivity index (χ0v) is 18.9. The highest BCUT2D eigenvalue weighted by atomic mass is 19.1. The Bertz CT molecular complexity index is 1490. The molecule has 1 atom stereocenters. The first kappa shape index (κ1) is 22.2. The van der Waals surface area contributed by atoms with E-state index < -0.39 is 11.4 Å². The molecule has 1 aliphatic heterocycles. The average Bonchev–Trinajstić information content (AvgIpc) is 3.30. The quantitative estimate of drug-likeness (QED) is 0.352. The molecule has 0 unspecified atom stereocenters. The Labute approximate surface area is 200 Å². The fraction of sp³-hybridized carbons (Fsp3) is 0.111. The largest absolute Gasteiger partial charge is 0.494 e. The number of aliphatic imine (C=N–C) groups is 1. The van der Waals surface area contributed by atoms with Crippen molar-refractivity contribution in [2.75, 3.05) is 13.7 Å². The molecule has 174 valence electrons. The van der Waals surface area contributed by atoms with Gasteiger partial charge in [0.15, 0.2) is 22.8 Å². The van der Waals surface area contributed by atoms with Crippen LogP contribution in [0.2, 0.25) is 0 Å². The Kier molecular flexibility index (Phi) is 5.70. The van der Waals surface area contributed by atoms with Gasteiger partial charge in [-0.15, -0.1) is 0 Å². The molecule has 3 heterocycles. The number of fused-ring (bicyclic) bond motifs is 1. The van der Waals surface area contributed by atoms with E-state index in [1.165, 1.54) is 25.3 Å². The van der Waals surface area contributed by atoms with Crippen LogP contribution in [0.4, 0.5) is 4.39 Å². The number of methoxy groups -OCH3 is 1. The fourth-order valence-electron chi connectivity index (χ4n) is 4.10. The van der Waals surface area contributed by atoms with Crippen LogP contribution in [0.1, 0.15) is 0 Å². The van der Waals surface area contributed by atoms with Crippen LogP contribution in [-0.2, 0) is 10.3 Å². The van der Waals surface area contributed by atoms with Crippen molar-refractivity contribution < 1.29 is 18.7 Å². The van der Waals surface area contributed by atoms with Crippen LogP contribution in [0, 0.1) is 5.82 Å². The molecule has 0 bridgehead atoms. The third-order valence-electron chi connectivity index (χ3n) is 5.87. The van der Waals surface area contributed by atoms with E-state index in [1.54, 1.807) is 53.6 Å². The van der Waals surface area contributed by atoms with Crippen molar-refractivity contribution in [1.29, 1.82) is 0 Å². The van der Waals surface area contributed by atoms with Crippen molar-refractivity contribution in [3.8, 4) is 28.5 Å². The molecular formula is C27H21FN4O3. The van der Waals surface area contributed by atoms with Crippen LogP contribution in [0.25, 0.3) is 22.2 Å². The minimum absolute atomic E-state index is 0.0607. The van der Waals surface area contributed by atoms with Crippen LogP contribution >= 0.6 is 0 Å². The molecule has 7 nitrogen and oxygen atoms in total. The maximum absolute atomic E-state index is 14.5. The Balaban J connectivity index is 1.55. The number of hydrogen-bond acceptors (Lipinski definition) is 6. The van der Waals surface area contributed by atoms with Gasteiger partial charge in [-0.1, -0.05) is 12.6 Å². The van der Waals surface area contributed by atoms with Crippen LogP contribution in [0.5, 0.6) is 17.2 Å². The van der Waals surface area contributed by atoms with E-state index in [9.17, 15) is 9.18 Å². The molecule has 35 heavy (non-hydrogen) atoms. The van der Waals surface area contributed by atoms with E-state index in [2.05, 4.69) is 16.6 Å². The number of pyridine rings is 1. The van der Waals surface area contributed by atoms with E-state index in [4.69, 9.17) is 14.6 Å². The predicted molar refractivity (Wildman–Crippen MR) is 132 cm³/mol. The SMILES string of the molecule is C=CC(=O)[C@@]1(n2nc(-c3ccc(Oc4cccc(OC)c4F)cc3)c3cnccc32)C=CC=NC1. The Morgan fingerprint density at radius 2 is 1.97 bits per heavy atom. The fourth-order valence-corrected chi connectivity index (χ4v) is 4.10. The second kappa shape index (κ2) is 8.98. The molecule has 0 fully saturated rings. The van der Waals surface area contributed by atoms with Crippen molar-refractivity contribution in [2.45, 2.75) is 5.54 Å². The number of nitrogens with zero attached hydrogens (tertiary/aromatic N) is 4. The number of carbonyl (C=O) groups is 1. The van der Waals surface area contributed by atoms with Crippen LogP contribution in [-0.4, -0.2) is 40.4 Å². The van der Waals surface area contributed by atoms with Gasteiger partial charge in [0.25, 0.3) is 0 Å². The molecule has 0 amide bonds. The van der Waals surface area contributed by atoms with Gasteiger partial charge in [0.2, 0.25) is 5.82 Å². The third-order valence-corrected chi connectivity index (χ3v) is 5.87. The standard InChI is InChI=1S/C27H21FN4O3/c1-3-24(33)27(13-5-14-30-17-27)32-21-12-15-29-16-20(21)26(31-32)18-8-10-19(11-9-18)35-23-7-4-6-22(34-2)25(23)28/h3-16H,1,17H2,2H3/t27-/m1/s1. The number of dihydropyridines is 1. The molecule has 0 N–H and O–H groups in total. The second-order valence-electron chi connectivity index (χ2n) is 7.89. The van der Waals surface area contributed by atoms with E-state index in [-0.39, 0.29) is 23.8 Å². The van der Waals surface area contributed by atoms with Gasteiger partial charge in [-0.3, -0.25) is 14.8 Å². The van der Waals surface area contributed by atoms with E-state index in [1.807, 2.05) is 18.2 Å². The minimum Gasteiger partial charge on any atom is -0.494 e. The van der Waals surface area contributed by atoms with Crippen LogP contribution in [0.15, 0.2) is 90.7 Å². The molecule has 0 saturated carbocycles. The number of ketones is 1. The maximum Gasteiger partial charge on any atom is 0.207 e. The van der Waals surface area contributed by atoms with Gasteiger partial charge < -0.3 is 9.47 Å². The number of allylic oxidation sites excluding steroid dienone is 2. The third kappa shape index (κ3) is 3.78. The summed E-state index contributed by atoms with van der Waals surface area (Å²) in [5.41, 5.74) is 1.06. The Morgan fingerprint density at radius 1 is 1.17 bits per heavy atom. The first-order valence-corrected chi connectivity index (χ1v) is 10.9. The molecule has 2 aromatic carbocycles. The Hall–Kier alpha value is -4.59. The summed E-state index contributed by atoms with van der Waals surface area (Å²) in [6.45, 7) is 3.89. The lowest BCUT2D eigenvalue weighted by molar-refractivity contribution is -0.120. The number of aromatic nitrogens is 3. The summed E-state index contributed by atoms with van der Waals surface area (Å²) in [6, 6.07) is 13.6. The van der Waals surface area contributed by atoms with Crippen molar-refractivity contribution in [3.05, 3.63) is 91.5 Å². The summed E-state index contributed by atoms with van der Waals surface area (Å²) in [7, 11) is 1.40. The van der Waals surface area contributed by atoms with Gasteiger partial charge in [-0.2, -0.15) is 9.49 Å². The molecule has 1 aliphatic rings. The monoisotopic (exact) mass is 468 g/mol. The molecule has 2 aromatic heterocycles. The highest BCUT2D eigenvalue weighted by Gasteiger charge is 2.39. The molecule has 0 aliphatic carbocycles. The summed E-state index contributed by atoms with van der Waals surface area (Å²) in [4.78, 5) is 21.6. The first-order valence-electron chi connectivity index (χ1n) is 10.9. The van der Waals surface area contributed by atoms with Gasteiger partial charge in [0, 0.05) is 29.6 Å². The zero-order chi connectivity index (χ0) is 24.4. The minimum atomic E-state index is -1.11. The van der Waals surface area contributed by atoms with Crippen LogP contribution < -0.4 is 9.47 Å². The van der Waals surface area contributed by atoms with Crippen molar-refractivity contribution in [1.82, 2.24) is 14.8 Å². The second-order valence-corrected chi connectivity index (χ2v) is 7.89. The number of halogens is 1. The molecular weight excluding hydrogens is 447 g/mol. The maximum atomic E-state index is 14.5. The van der Waals surface area contributed by atoms with Gasteiger partial charge in [-0.05, 0) is 60.7 Å². The summed E-state index contributed by atoms with van der Waals surface area (Å²) < 4.78 is 26.9. The number of benzene rings is 2. The zero-order valence-electron chi connectivity index (χ0n) is 18.9. The summed E-state index contributed by atoms with van der Waals surface area (Å²) in [6.07, 6.45) is 9.86. The van der Waals surface area contributed by atoms with Gasteiger partial charge in [-0.25, -0.2) is 4.68 Å². The average molecular weight is 468 g/mol. The topological polar surface area (TPSA) is 78.6 Å². The normalized spacial score (nSPS) is 16.9. The lowest BCUT2D eigenvalue weighted by atomic mass is 9.91. The molecule has 0 saturated heterocycles. The summed E-state index contributed by atoms with van der Waals surface area (Å²) in [5.74, 6) is -0.165. The van der Waals surface area contributed by atoms with Crippen molar-refractivity contribution in [3.63, 3.8) is 0 Å². The van der Waals surface area contributed by atoms with Crippen molar-refractivity contribution in [2.24, 2.45) is 4.99 Å². The number of ether oxygens (including phenoxy) is 2. The summed E-state index contributed by atoms with van der Waals surface area (Å²) in [5, 5.41) is 5.62. The molecule has 5 rings (SSSR count). The highest BCUT2D eigenvalue weighted by molar-refractivity contribution is 6.01. The molecule has 0 spiro atoms. The van der Waals surface area contributed by atoms with Crippen LogP contribution in [0.3, 0.4) is 0 Å². The molecule has 8 heteroatoms. The van der Waals surface area contributed by atoms with E-state index in [0.717, 1.165) is 16.5 Å². The Morgan fingerprint density at radius 3 is 2.69 bits per heavy atom. The summed E-state index contributed by atoms with van der Waals surface area (Å²) >= 11 is 0. The lowest BCUT2D eigenvalue weighted by Crippen LogP contribution is -2.44. The first-order chi connectivity index (χ1) is 17.1.